The molecule has 0 spiro atoms. The van der Waals surface area contributed by atoms with E-state index < -0.39 is 6.10 Å². The third-order valence-electron chi connectivity index (χ3n) is 5.67. The minimum absolute atomic E-state index is 0.0125. The second kappa shape index (κ2) is 7.29. The quantitative estimate of drug-likeness (QED) is 0.744. The zero-order chi connectivity index (χ0) is 19.0. The summed E-state index contributed by atoms with van der Waals surface area (Å²) in [6.07, 6.45) is 4.86. The van der Waals surface area contributed by atoms with E-state index >= 15 is 0 Å². The number of imidazole rings is 1. The van der Waals surface area contributed by atoms with Gasteiger partial charge >= 0.3 is 0 Å². The first-order valence-electron chi connectivity index (χ1n) is 9.51. The second-order valence-corrected chi connectivity index (χ2v) is 7.67. The minimum atomic E-state index is -0.529. The minimum Gasteiger partial charge on any atom is -0.385 e. The third-order valence-corrected chi connectivity index (χ3v) is 5.67. The zero-order valence-electron chi connectivity index (χ0n) is 15.9. The van der Waals surface area contributed by atoms with E-state index in [2.05, 4.69) is 27.9 Å². The van der Waals surface area contributed by atoms with Crippen LogP contribution < -0.4 is 5.56 Å². The second-order valence-electron chi connectivity index (χ2n) is 7.67. The number of benzene rings is 1. The summed E-state index contributed by atoms with van der Waals surface area (Å²) in [5, 5.41) is 11.7. The highest BCUT2D eigenvalue weighted by atomic mass is 16.3. The van der Waals surface area contributed by atoms with Gasteiger partial charge in [-0.3, -0.25) is 9.69 Å². The lowest BCUT2D eigenvalue weighted by atomic mass is 9.90. The maximum absolute atomic E-state index is 12.4. The van der Waals surface area contributed by atoms with Crippen LogP contribution in [0.2, 0.25) is 0 Å². The van der Waals surface area contributed by atoms with Gasteiger partial charge in [-0.25, -0.2) is 4.98 Å². The lowest BCUT2D eigenvalue weighted by Gasteiger charge is -2.33. The molecule has 142 valence electrons. The van der Waals surface area contributed by atoms with Crippen molar-refractivity contribution >= 4 is 10.9 Å². The van der Waals surface area contributed by atoms with Crippen molar-refractivity contribution in [3.05, 3.63) is 64.0 Å². The average Bonchev–Trinajstić information content (AvgIpc) is 3.09. The Hall–Kier alpha value is -2.44. The number of aliphatic hydroxyl groups is 1. The molecule has 0 amide bonds. The molecule has 0 saturated carbocycles. The number of aromatic amines is 1. The van der Waals surface area contributed by atoms with Crippen LogP contribution in [0.5, 0.6) is 0 Å². The first kappa shape index (κ1) is 17.9. The molecule has 0 bridgehead atoms. The summed E-state index contributed by atoms with van der Waals surface area (Å²) < 4.78 is 1.88. The van der Waals surface area contributed by atoms with Gasteiger partial charge in [-0.2, -0.15) is 0 Å². The molecule has 1 aliphatic heterocycles. The molecule has 1 fully saturated rings. The number of rotatable bonds is 4. The van der Waals surface area contributed by atoms with E-state index in [-0.39, 0.29) is 11.5 Å². The van der Waals surface area contributed by atoms with Crippen LogP contribution in [0.1, 0.15) is 35.9 Å². The molecule has 27 heavy (non-hydrogen) atoms. The van der Waals surface area contributed by atoms with Gasteiger partial charge < -0.3 is 14.7 Å². The number of nitrogens with one attached hydrogen (secondary N) is 1. The molecule has 1 saturated heterocycles. The van der Waals surface area contributed by atoms with Crippen LogP contribution in [0, 0.1) is 12.8 Å². The van der Waals surface area contributed by atoms with Gasteiger partial charge in [0.1, 0.15) is 11.9 Å². The SMILES string of the molecule is Cc1ccc2[nH]c(=O)c(CN3CCC([C@@H](O)c4nccn4C)CC3)cc2c1. The number of likely N-dealkylation sites (tertiary alicyclic amines) is 1. The zero-order valence-corrected chi connectivity index (χ0v) is 15.9. The van der Waals surface area contributed by atoms with E-state index in [1.807, 2.05) is 36.0 Å². The standard InChI is InChI=1S/C21H26N4O2/c1-14-3-4-18-16(11-14)12-17(21(27)23-18)13-25-8-5-15(6-9-25)19(26)20-22-7-10-24(20)2/h3-4,7,10-12,15,19,26H,5-6,8-9,13H2,1-2H3,(H,23,27)/t19-/m1/s1. The van der Waals surface area contributed by atoms with E-state index in [1.165, 1.54) is 5.56 Å². The topological polar surface area (TPSA) is 74.2 Å². The van der Waals surface area contributed by atoms with Gasteiger partial charge in [-0.15, -0.1) is 0 Å². The predicted molar refractivity (Wildman–Crippen MR) is 105 cm³/mol. The van der Waals surface area contributed by atoms with Crippen molar-refractivity contribution in [1.82, 2.24) is 19.4 Å². The molecule has 0 unspecified atom stereocenters. The van der Waals surface area contributed by atoms with Gasteiger partial charge in [-0.05, 0) is 62.4 Å². The molecule has 1 atom stereocenters. The highest BCUT2D eigenvalue weighted by molar-refractivity contribution is 5.79. The molecule has 3 aromatic rings. The van der Waals surface area contributed by atoms with Crippen molar-refractivity contribution in [2.24, 2.45) is 13.0 Å². The number of H-pyrrole nitrogens is 1. The first-order valence-corrected chi connectivity index (χ1v) is 9.51. The number of aryl methyl sites for hydroxylation is 2. The molecular weight excluding hydrogens is 340 g/mol. The number of nitrogens with zero attached hydrogens (tertiary/aromatic N) is 3. The Balaban J connectivity index is 1.43. The first-order chi connectivity index (χ1) is 13.0. The van der Waals surface area contributed by atoms with Gasteiger partial charge in [0.25, 0.3) is 5.56 Å². The van der Waals surface area contributed by atoms with Crippen molar-refractivity contribution in [2.75, 3.05) is 13.1 Å². The normalized spacial score (nSPS) is 17.4. The summed E-state index contributed by atoms with van der Waals surface area (Å²) in [6.45, 7) is 4.45. The molecule has 6 heteroatoms. The van der Waals surface area contributed by atoms with E-state index in [1.54, 1.807) is 6.20 Å². The Morgan fingerprint density at radius 1 is 1.30 bits per heavy atom. The van der Waals surface area contributed by atoms with E-state index in [0.29, 0.717) is 6.54 Å². The summed E-state index contributed by atoms with van der Waals surface area (Å²) in [5.41, 5.74) is 2.86. The van der Waals surface area contributed by atoms with Crippen LogP contribution >= 0.6 is 0 Å². The molecule has 2 N–H and O–H groups in total. The van der Waals surface area contributed by atoms with Gasteiger partial charge in [-0.1, -0.05) is 11.6 Å². The third kappa shape index (κ3) is 3.68. The molecule has 0 radical (unpaired) electrons. The Bertz CT molecular complexity index is 999. The molecule has 2 aromatic heterocycles. The Kier molecular flexibility index (Phi) is 4.85. The van der Waals surface area contributed by atoms with Crippen molar-refractivity contribution in [3.63, 3.8) is 0 Å². The van der Waals surface area contributed by atoms with Crippen molar-refractivity contribution in [1.29, 1.82) is 0 Å². The number of hydrogen-bond acceptors (Lipinski definition) is 4. The van der Waals surface area contributed by atoms with Crippen LogP contribution in [-0.2, 0) is 13.6 Å². The molecule has 3 heterocycles. The van der Waals surface area contributed by atoms with Crippen molar-refractivity contribution in [3.8, 4) is 0 Å². The highest BCUT2D eigenvalue weighted by Gasteiger charge is 2.28. The number of aliphatic hydroxyl groups excluding tert-OH is 1. The van der Waals surface area contributed by atoms with Gasteiger partial charge in [0.15, 0.2) is 0 Å². The van der Waals surface area contributed by atoms with Crippen LogP contribution in [0.4, 0.5) is 0 Å². The largest absolute Gasteiger partial charge is 0.385 e. The number of aromatic nitrogens is 3. The molecule has 6 nitrogen and oxygen atoms in total. The Morgan fingerprint density at radius 2 is 2.07 bits per heavy atom. The maximum atomic E-state index is 12.4. The lowest BCUT2D eigenvalue weighted by Crippen LogP contribution is -2.36. The van der Waals surface area contributed by atoms with Crippen molar-refractivity contribution < 1.29 is 5.11 Å². The summed E-state index contributed by atoms with van der Waals surface area (Å²) in [4.78, 5) is 22.0. The monoisotopic (exact) mass is 366 g/mol. The highest BCUT2D eigenvalue weighted by Crippen LogP contribution is 2.30. The summed E-state index contributed by atoms with van der Waals surface area (Å²) >= 11 is 0. The smallest absolute Gasteiger partial charge is 0.252 e. The van der Waals surface area contributed by atoms with Gasteiger partial charge in [0, 0.05) is 37.1 Å². The summed E-state index contributed by atoms with van der Waals surface area (Å²) in [6, 6.07) is 8.08. The van der Waals surface area contributed by atoms with E-state index in [0.717, 1.165) is 48.2 Å². The number of pyridine rings is 1. The molecule has 0 aliphatic carbocycles. The van der Waals surface area contributed by atoms with Crippen molar-refractivity contribution in [2.45, 2.75) is 32.4 Å². The van der Waals surface area contributed by atoms with Crippen LogP contribution in [0.15, 0.2) is 41.5 Å². The Labute approximate surface area is 158 Å². The van der Waals surface area contributed by atoms with Crippen LogP contribution in [-0.4, -0.2) is 37.6 Å². The predicted octanol–water partition coefficient (Wildman–Crippen LogP) is 2.52. The molecule has 1 aliphatic rings. The summed E-state index contributed by atoms with van der Waals surface area (Å²) in [5.74, 6) is 0.940. The molecular formula is C21H26N4O2. The van der Waals surface area contributed by atoms with Crippen LogP contribution in [0.3, 0.4) is 0 Å². The van der Waals surface area contributed by atoms with Gasteiger partial charge in [0.2, 0.25) is 0 Å². The molecule has 1 aromatic carbocycles. The number of piperidine rings is 1. The fourth-order valence-electron chi connectivity index (χ4n) is 4.03. The maximum Gasteiger partial charge on any atom is 0.252 e. The van der Waals surface area contributed by atoms with Crippen LogP contribution in [0.25, 0.3) is 10.9 Å². The van der Waals surface area contributed by atoms with E-state index in [9.17, 15) is 9.90 Å². The fourth-order valence-corrected chi connectivity index (χ4v) is 4.03. The van der Waals surface area contributed by atoms with Gasteiger partial charge in [0.05, 0.1) is 0 Å². The summed E-state index contributed by atoms with van der Waals surface area (Å²) in [7, 11) is 1.91. The number of fused-ring (bicyclic) bond motifs is 1. The average molecular weight is 366 g/mol. The fraction of sp³-hybridized carbons (Fsp3) is 0.429. The number of hydrogen-bond donors (Lipinski definition) is 2. The Morgan fingerprint density at radius 3 is 2.78 bits per heavy atom. The molecule has 4 rings (SSSR count). The lowest BCUT2D eigenvalue weighted by molar-refractivity contribution is 0.0491. The van der Waals surface area contributed by atoms with E-state index in [4.69, 9.17) is 0 Å².